The highest BCUT2D eigenvalue weighted by molar-refractivity contribution is 5.42. The maximum Gasteiger partial charge on any atom is 0.227 e. The van der Waals surface area contributed by atoms with Gasteiger partial charge in [0, 0.05) is 65.8 Å². The van der Waals surface area contributed by atoms with Crippen LogP contribution in [0, 0.1) is 6.92 Å². The van der Waals surface area contributed by atoms with Crippen LogP contribution in [0.25, 0.3) is 0 Å². The lowest BCUT2D eigenvalue weighted by Gasteiger charge is -2.25. The molecule has 2 aromatic heterocycles. The van der Waals surface area contributed by atoms with Crippen molar-refractivity contribution in [3.63, 3.8) is 0 Å². The van der Waals surface area contributed by atoms with Crippen LogP contribution in [0.4, 0.5) is 11.8 Å². The zero-order valence-corrected chi connectivity index (χ0v) is 15.3. The molecule has 0 N–H and O–H groups in total. The predicted octanol–water partition coefficient (Wildman–Crippen LogP) is 1.30. The third-order valence-electron chi connectivity index (χ3n) is 4.75. The highest BCUT2D eigenvalue weighted by Gasteiger charge is 2.27. The molecule has 7 nitrogen and oxygen atoms in total. The van der Waals surface area contributed by atoms with Crippen LogP contribution in [0.1, 0.15) is 17.8 Å². The zero-order valence-electron chi connectivity index (χ0n) is 15.3. The lowest BCUT2D eigenvalue weighted by molar-refractivity contribution is 0.320. The molecule has 7 heteroatoms. The van der Waals surface area contributed by atoms with Gasteiger partial charge in [0.2, 0.25) is 5.95 Å². The second-order valence-corrected chi connectivity index (χ2v) is 6.80. The van der Waals surface area contributed by atoms with Gasteiger partial charge in [-0.2, -0.15) is 10.1 Å². The van der Waals surface area contributed by atoms with E-state index in [1.165, 1.54) is 5.69 Å². The quantitative estimate of drug-likeness (QED) is 0.824. The van der Waals surface area contributed by atoms with Crippen molar-refractivity contribution in [2.75, 3.05) is 44.0 Å². The fourth-order valence-corrected chi connectivity index (χ4v) is 3.13. The van der Waals surface area contributed by atoms with E-state index in [1.54, 1.807) is 0 Å². The van der Waals surface area contributed by atoms with Crippen molar-refractivity contribution in [3.05, 3.63) is 29.7 Å². The molecule has 2 aromatic rings. The number of anilines is 2. The van der Waals surface area contributed by atoms with Gasteiger partial charge in [-0.05, 0) is 25.5 Å². The molecule has 0 aromatic carbocycles. The Morgan fingerprint density at radius 1 is 1.29 bits per heavy atom. The van der Waals surface area contributed by atoms with Gasteiger partial charge < -0.3 is 9.80 Å². The molecule has 1 saturated heterocycles. The second-order valence-electron chi connectivity index (χ2n) is 6.80. The Bertz CT molecular complexity index is 674. The van der Waals surface area contributed by atoms with Crippen molar-refractivity contribution in [3.8, 4) is 0 Å². The summed E-state index contributed by atoms with van der Waals surface area (Å²) in [5.74, 6) is 1.73. The summed E-state index contributed by atoms with van der Waals surface area (Å²) in [5.41, 5.74) is 2.34. The van der Waals surface area contributed by atoms with Gasteiger partial charge in [-0.25, -0.2) is 4.98 Å². The van der Waals surface area contributed by atoms with E-state index in [2.05, 4.69) is 44.9 Å². The third kappa shape index (κ3) is 3.51. The van der Waals surface area contributed by atoms with Gasteiger partial charge in [0.25, 0.3) is 0 Å². The normalized spacial score (nSPS) is 18.1. The molecule has 0 saturated carbocycles. The summed E-state index contributed by atoms with van der Waals surface area (Å²) >= 11 is 0. The van der Waals surface area contributed by atoms with Crippen molar-refractivity contribution < 1.29 is 0 Å². The van der Waals surface area contributed by atoms with Gasteiger partial charge >= 0.3 is 0 Å². The molecule has 130 valence electrons. The highest BCUT2D eigenvalue weighted by Crippen LogP contribution is 2.21. The molecule has 0 aliphatic carbocycles. The minimum atomic E-state index is 0.437. The smallest absolute Gasteiger partial charge is 0.227 e. The number of likely N-dealkylation sites (tertiary alicyclic amines) is 1. The summed E-state index contributed by atoms with van der Waals surface area (Å²) in [6, 6.07) is 4.54. The average molecular weight is 329 g/mol. The van der Waals surface area contributed by atoms with Gasteiger partial charge in [0.1, 0.15) is 5.82 Å². The van der Waals surface area contributed by atoms with Gasteiger partial charge in [-0.1, -0.05) is 0 Å². The lowest BCUT2D eigenvalue weighted by atomic mass is 10.2. The largest absolute Gasteiger partial charge is 0.363 e. The van der Waals surface area contributed by atoms with Crippen molar-refractivity contribution in [1.82, 2.24) is 24.6 Å². The summed E-state index contributed by atoms with van der Waals surface area (Å²) in [4.78, 5) is 15.8. The topological polar surface area (TPSA) is 53.3 Å². The molecule has 1 atom stereocenters. The van der Waals surface area contributed by atoms with Crippen LogP contribution >= 0.6 is 0 Å². The number of hydrogen-bond donors (Lipinski definition) is 0. The van der Waals surface area contributed by atoms with Crippen LogP contribution in [-0.2, 0) is 13.6 Å². The Kier molecular flexibility index (Phi) is 4.71. The van der Waals surface area contributed by atoms with Crippen LogP contribution in [0.5, 0.6) is 0 Å². The standard InChI is InChI=1S/C17H27N7/c1-13-10-14(20-23(13)5)11-24-9-7-15(12-24)22(4)17-18-8-6-16(19-17)21(2)3/h6,8,10,15H,7,9,11-12H2,1-5H3. The first kappa shape index (κ1) is 16.7. The lowest BCUT2D eigenvalue weighted by Crippen LogP contribution is -2.35. The predicted molar refractivity (Wildman–Crippen MR) is 96.4 cm³/mol. The van der Waals surface area contributed by atoms with Crippen LogP contribution in [0.2, 0.25) is 0 Å². The number of hydrogen-bond acceptors (Lipinski definition) is 6. The van der Waals surface area contributed by atoms with E-state index in [1.807, 2.05) is 43.0 Å². The van der Waals surface area contributed by atoms with Crippen molar-refractivity contribution >= 4 is 11.8 Å². The molecule has 1 aliphatic heterocycles. The van der Waals surface area contributed by atoms with E-state index >= 15 is 0 Å². The summed E-state index contributed by atoms with van der Waals surface area (Å²) in [6.45, 7) is 5.09. The Morgan fingerprint density at radius 2 is 2.08 bits per heavy atom. The van der Waals surface area contributed by atoms with Gasteiger partial charge in [0.05, 0.1) is 5.69 Å². The molecular formula is C17H27N7. The molecule has 3 heterocycles. The molecule has 0 spiro atoms. The monoisotopic (exact) mass is 329 g/mol. The maximum absolute atomic E-state index is 4.65. The first-order chi connectivity index (χ1) is 11.4. The highest BCUT2D eigenvalue weighted by atomic mass is 15.3. The van der Waals surface area contributed by atoms with Crippen LogP contribution in [-0.4, -0.2) is 64.9 Å². The molecule has 0 amide bonds. The molecule has 24 heavy (non-hydrogen) atoms. The Hall–Kier alpha value is -2.15. The molecular weight excluding hydrogens is 302 g/mol. The number of likely N-dealkylation sites (N-methyl/N-ethyl adjacent to an activating group) is 1. The van der Waals surface area contributed by atoms with E-state index in [9.17, 15) is 0 Å². The first-order valence-corrected chi connectivity index (χ1v) is 8.39. The number of nitrogens with zero attached hydrogens (tertiary/aromatic N) is 7. The van der Waals surface area contributed by atoms with E-state index in [0.29, 0.717) is 6.04 Å². The van der Waals surface area contributed by atoms with Gasteiger partial charge in [-0.15, -0.1) is 0 Å². The molecule has 0 radical (unpaired) electrons. The minimum absolute atomic E-state index is 0.437. The van der Waals surface area contributed by atoms with Gasteiger partial charge in [-0.3, -0.25) is 9.58 Å². The van der Waals surface area contributed by atoms with Crippen molar-refractivity contribution in [2.45, 2.75) is 25.9 Å². The maximum atomic E-state index is 4.65. The van der Waals surface area contributed by atoms with Crippen LogP contribution < -0.4 is 9.80 Å². The van der Waals surface area contributed by atoms with E-state index < -0.39 is 0 Å². The van der Waals surface area contributed by atoms with E-state index in [4.69, 9.17) is 0 Å². The molecule has 0 bridgehead atoms. The zero-order chi connectivity index (χ0) is 17.3. The first-order valence-electron chi connectivity index (χ1n) is 8.39. The summed E-state index contributed by atoms with van der Waals surface area (Å²) in [5, 5.41) is 4.56. The molecule has 3 rings (SSSR count). The Labute approximate surface area is 143 Å². The summed E-state index contributed by atoms with van der Waals surface area (Å²) in [7, 11) is 8.08. The second kappa shape index (κ2) is 6.76. The number of rotatable bonds is 5. The van der Waals surface area contributed by atoms with Crippen molar-refractivity contribution in [2.24, 2.45) is 7.05 Å². The van der Waals surface area contributed by atoms with Gasteiger partial charge in [0.15, 0.2) is 0 Å². The minimum Gasteiger partial charge on any atom is -0.363 e. The fraction of sp³-hybridized carbons (Fsp3) is 0.588. The number of aryl methyl sites for hydroxylation is 2. The molecule has 1 aliphatic rings. The Morgan fingerprint density at radius 3 is 2.75 bits per heavy atom. The molecule has 1 unspecified atom stereocenters. The summed E-state index contributed by atoms with van der Waals surface area (Å²) < 4.78 is 1.94. The van der Waals surface area contributed by atoms with E-state index in [-0.39, 0.29) is 0 Å². The SMILES string of the molecule is Cc1cc(CN2CCC(N(C)c3nccc(N(C)C)n3)C2)nn1C. The fourth-order valence-electron chi connectivity index (χ4n) is 3.13. The third-order valence-corrected chi connectivity index (χ3v) is 4.75. The van der Waals surface area contributed by atoms with E-state index in [0.717, 1.165) is 43.5 Å². The van der Waals surface area contributed by atoms with Crippen molar-refractivity contribution in [1.29, 1.82) is 0 Å². The molecule has 1 fully saturated rings. The average Bonchev–Trinajstić information content (AvgIpc) is 3.14. The van der Waals surface area contributed by atoms with Crippen LogP contribution in [0.15, 0.2) is 18.3 Å². The number of aromatic nitrogens is 4. The van der Waals surface area contributed by atoms with Crippen LogP contribution in [0.3, 0.4) is 0 Å². The summed E-state index contributed by atoms with van der Waals surface area (Å²) in [6.07, 6.45) is 2.95. The Balaban J connectivity index is 1.63.